The van der Waals surface area contributed by atoms with Crippen LogP contribution in [0.4, 0.5) is 11.1 Å². The van der Waals surface area contributed by atoms with E-state index in [0.717, 1.165) is 16.1 Å². The summed E-state index contributed by atoms with van der Waals surface area (Å²) in [6.07, 6.45) is 0. The van der Waals surface area contributed by atoms with E-state index in [1.165, 1.54) is 7.05 Å². The van der Waals surface area contributed by atoms with Crippen LogP contribution in [0.3, 0.4) is 0 Å². The fraction of sp³-hybridized carbons (Fsp3) is 0.333. The fourth-order valence-corrected chi connectivity index (χ4v) is 3.38. The van der Waals surface area contributed by atoms with Gasteiger partial charge in [0.1, 0.15) is 0 Å². The van der Waals surface area contributed by atoms with Crippen LogP contribution in [0.2, 0.25) is 0 Å². The summed E-state index contributed by atoms with van der Waals surface area (Å²) < 4.78 is 26.1. The molecular formula is C6H9N7O2S2. The maximum Gasteiger partial charge on any atom is 0.277 e. The van der Waals surface area contributed by atoms with Crippen molar-refractivity contribution in [1.29, 1.82) is 0 Å². The molecule has 0 aliphatic carbocycles. The standard InChI is InChI=1S/C6H9N7O2S2/c1-3-4(16-5(7)8-3)17(14,15)11-6-9-12-13(2)10-6/h1-2H3,(H2,7,8)(H,10,11). The summed E-state index contributed by atoms with van der Waals surface area (Å²) in [5.41, 5.74) is 5.78. The maximum absolute atomic E-state index is 11.9. The Balaban J connectivity index is 2.34. The summed E-state index contributed by atoms with van der Waals surface area (Å²) in [5.74, 6) is -0.0983. The van der Waals surface area contributed by atoms with Crippen LogP contribution in [0.5, 0.6) is 0 Å². The number of aromatic nitrogens is 5. The second-order valence-electron chi connectivity index (χ2n) is 3.13. The minimum absolute atomic E-state index is 0.0439. The minimum atomic E-state index is -3.76. The summed E-state index contributed by atoms with van der Waals surface area (Å²) in [6.45, 7) is 1.56. The van der Waals surface area contributed by atoms with Gasteiger partial charge >= 0.3 is 0 Å². The highest BCUT2D eigenvalue weighted by Crippen LogP contribution is 2.25. The Morgan fingerprint density at radius 1 is 1.47 bits per heavy atom. The van der Waals surface area contributed by atoms with E-state index in [-0.39, 0.29) is 15.3 Å². The van der Waals surface area contributed by atoms with Crippen molar-refractivity contribution < 1.29 is 8.42 Å². The Labute approximate surface area is 101 Å². The number of thiazole rings is 1. The number of rotatable bonds is 3. The second kappa shape index (κ2) is 3.92. The van der Waals surface area contributed by atoms with Gasteiger partial charge in [0.15, 0.2) is 9.34 Å². The number of tetrazole rings is 1. The molecule has 0 bridgehead atoms. The molecule has 0 atom stereocenters. The number of hydrogen-bond donors (Lipinski definition) is 2. The smallest absolute Gasteiger partial charge is 0.277 e. The van der Waals surface area contributed by atoms with E-state index >= 15 is 0 Å². The average molecular weight is 275 g/mol. The Bertz CT molecular complexity index is 643. The lowest BCUT2D eigenvalue weighted by Crippen LogP contribution is -2.14. The molecule has 0 radical (unpaired) electrons. The fourth-order valence-electron chi connectivity index (χ4n) is 1.14. The summed E-state index contributed by atoms with van der Waals surface area (Å²) >= 11 is 0.881. The highest BCUT2D eigenvalue weighted by Gasteiger charge is 2.22. The predicted molar refractivity (Wildman–Crippen MR) is 60.9 cm³/mol. The second-order valence-corrected chi connectivity index (χ2v) is 6.04. The number of nitrogen functional groups attached to an aromatic ring is 1. The zero-order valence-corrected chi connectivity index (χ0v) is 10.6. The highest BCUT2D eigenvalue weighted by atomic mass is 32.2. The van der Waals surface area contributed by atoms with Gasteiger partial charge in [-0.1, -0.05) is 16.4 Å². The molecule has 0 aliphatic heterocycles. The maximum atomic E-state index is 11.9. The molecule has 2 rings (SSSR count). The third-order valence-corrected chi connectivity index (χ3v) is 4.67. The first kappa shape index (κ1) is 11.7. The van der Waals surface area contributed by atoms with E-state index in [4.69, 9.17) is 5.73 Å². The van der Waals surface area contributed by atoms with Gasteiger partial charge in [0, 0.05) is 0 Å². The van der Waals surface area contributed by atoms with E-state index in [0.29, 0.717) is 5.69 Å². The molecule has 9 nitrogen and oxygen atoms in total. The van der Waals surface area contributed by atoms with Crippen LogP contribution >= 0.6 is 11.3 Å². The van der Waals surface area contributed by atoms with Crippen LogP contribution in [0.15, 0.2) is 4.21 Å². The molecular weight excluding hydrogens is 266 g/mol. The molecule has 0 saturated heterocycles. The zero-order valence-electron chi connectivity index (χ0n) is 8.95. The van der Waals surface area contributed by atoms with Gasteiger partial charge in [-0.05, 0) is 12.1 Å². The van der Waals surface area contributed by atoms with Crippen molar-refractivity contribution in [3.8, 4) is 0 Å². The van der Waals surface area contributed by atoms with Gasteiger partial charge in [0.05, 0.1) is 12.7 Å². The Morgan fingerprint density at radius 2 is 2.18 bits per heavy atom. The number of sulfonamides is 1. The number of nitrogens with two attached hydrogens (primary N) is 1. The molecule has 17 heavy (non-hydrogen) atoms. The van der Waals surface area contributed by atoms with Gasteiger partial charge in [-0.2, -0.15) is 4.80 Å². The predicted octanol–water partition coefficient (Wildman–Crippen LogP) is -0.642. The van der Waals surface area contributed by atoms with Gasteiger partial charge in [0.2, 0.25) is 0 Å². The lowest BCUT2D eigenvalue weighted by molar-refractivity contribution is 0.602. The minimum Gasteiger partial charge on any atom is -0.375 e. The number of aryl methyl sites for hydroxylation is 2. The summed E-state index contributed by atoms with van der Waals surface area (Å²) in [5, 5.41) is 10.9. The van der Waals surface area contributed by atoms with Crippen LogP contribution in [0.25, 0.3) is 0 Å². The lowest BCUT2D eigenvalue weighted by Gasteiger charge is -2.00. The van der Waals surface area contributed by atoms with Gasteiger partial charge in [-0.25, -0.2) is 18.1 Å². The summed E-state index contributed by atoms with van der Waals surface area (Å²) in [6, 6.07) is 0. The van der Waals surface area contributed by atoms with Crippen LogP contribution in [0, 0.1) is 6.92 Å². The van der Waals surface area contributed by atoms with Crippen molar-refractivity contribution in [3.05, 3.63) is 5.69 Å². The number of nitrogens with zero attached hydrogens (tertiary/aromatic N) is 5. The molecule has 0 amide bonds. The Kier molecular flexibility index (Phi) is 2.71. The summed E-state index contributed by atoms with van der Waals surface area (Å²) in [4.78, 5) is 4.98. The van der Waals surface area contributed by atoms with Gasteiger partial charge in [0.25, 0.3) is 16.0 Å². The highest BCUT2D eigenvalue weighted by molar-refractivity contribution is 7.94. The molecule has 0 aromatic carbocycles. The monoisotopic (exact) mass is 275 g/mol. The molecule has 0 spiro atoms. The Hall–Kier alpha value is -1.75. The van der Waals surface area contributed by atoms with E-state index in [1.54, 1.807) is 6.92 Å². The van der Waals surface area contributed by atoms with Crippen molar-refractivity contribution in [2.45, 2.75) is 11.1 Å². The molecule has 2 heterocycles. The van der Waals surface area contributed by atoms with E-state index in [9.17, 15) is 8.42 Å². The van der Waals surface area contributed by atoms with Crippen LogP contribution in [-0.2, 0) is 17.1 Å². The summed E-state index contributed by atoms with van der Waals surface area (Å²) in [7, 11) is -2.23. The quantitative estimate of drug-likeness (QED) is 0.762. The third kappa shape index (κ3) is 2.34. The van der Waals surface area contributed by atoms with Gasteiger partial charge < -0.3 is 5.73 Å². The normalized spacial score (nSPS) is 11.6. The van der Waals surface area contributed by atoms with Crippen molar-refractivity contribution in [1.82, 2.24) is 25.2 Å². The molecule has 0 saturated carbocycles. The topological polar surface area (TPSA) is 129 Å². The van der Waals surface area contributed by atoms with Crippen LogP contribution in [-0.4, -0.2) is 33.6 Å². The van der Waals surface area contributed by atoms with E-state index < -0.39 is 10.0 Å². The molecule has 0 unspecified atom stereocenters. The zero-order chi connectivity index (χ0) is 12.6. The first-order chi connectivity index (χ1) is 7.88. The Morgan fingerprint density at radius 3 is 2.65 bits per heavy atom. The molecule has 11 heteroatoms. The van der Waals surface area contributed by atoms with Crippen molar-refractivity contribution in [2.75, 3.05) is 10.5 Å². The molecule has 2 aromatic rings. The lowest BCUT2D eigenvalue weighted by atomic mass is 10.6. The molecule has 2 aromatic heterocycles. The van der Waals surface area contributed by atoms with Crippen LogP contribution < -0.4 is 10.5 Å². The third-order valence-electron chi connectivity index (χ3n) is 1.75. The van der Waals surface area contributed by atoms with Crippen LogP contribution in [0.1, 0.15) is 5.69 Å². The van der Waals surface area contributed by atoms with E-state index in [2.05, 4.69) is 25.1 Å². The molecule has 0 aliphatic rings. The number of anilines is 2. The van der Waals surface area contributed by atoms with E-state index in [1.807, 2.05) is 0 Å². The first-order valence-corrected chi connectivity index (χ1v) is 6.68. The van der Waals surface area contributed by atoms with Gasteiger partial charge in [-0.15, -0.1) is 5.10 Å². The first-order valence-electron chi connectivity index (χ1n) is 4.38. The number of hydrogen-bond acceptors (Lipinski definition) is 8. The van der Waals surface area contributed by atoms with Crippen molar-refractivity contribution in [2.24, 2.45) is 7.05 Å². The molecule has 3 N–H and O–H groups in total. The SMILES string of the molecule is Cc1nc(N)sc1S(=O)(=O)Nc1nnn(C)n1. The average Bonchev–Trinajstić information content (AvgIpc) is 2.72. The van der Waals surface area contributed by atoms with Crippen molar-refractivity contribution in [3.63, 3.8) is 0 Å². The van der Waals surface area contributed by atoms with Gasteiger partial charge in [-0.3, -0.25) is 0 Å². The molecule has 0 fully saturated rings. The number of nitrogens with one attached hydrogen (secondary N) is 1. The van der Waals surface area contributed by atoms with Crippen molar-refractivity contribution >= 4 is 32.4 Å². The largest absolute Gasteiger partial charge is 0.375 e. The molecule has 92 valence electrons.